The largest absolute Gasteiger partial charge is 0.508 e. The van der Waals surface area contributed by atoms with Crippen molar-refractivity contribution >= 4 is 74.7 Å². The van der Waals surface area contributed by atoms with E-state index in [4.69, 9.17) is 4.99 Å². The van der Waals surface area contributed by atoms with E-state index >= 15 is 0 Å². The Morgan fingerprint density at radius 3 is 1.96 bits per heavy atom. The number of nitrogens with zero attached hydrogens (tertiary/aromatic N) is 6. The number of halogens is 4. The SMILES string of the molecule is CN(C)CCn1c(O)c2cc(Br)c3c4c2c(c(=NCCc2ccc(O)c(CN(C)C)c2)cc-4c(=O)n(CCN(C)C)c3=O)c1=O.Cl.Cl.Cl. The second kappa shape index (κ2) is 16.6. The Morgan fingerprint density at radius 1 is 0.750 bits per heavy atom. The molecule has 0 spiro atoms. The summed E-state index contributed by atoms with van der Waals surface area (Å²) in [4.78, 5) is 52.4. The van der Waals surface area contributed by atoms with E-state index < -0.39 is 16.7 Å². The molecule has 1 aromatic heterocycles. The number of phenols is 1. The minimum atomic E-state index is -0.463. The average molecular weight is 789 g/mol. The lowest BCUT2D eigenvalue weighted by atomic mass is 9.90. The van der Waals surface area contributed by atoms with Crippen LogP contribution in [0.15, 0.2) is 54.2 Å². The Kier molecular flexibility index (Phi) is 14.3. The van der Waals surface area contributed by atoms with Crippen LogP contribution in [0.1, 0.15) is 11.1 Å². The molecule has 11 nitrogen and oxygen atoms in total. The van der Waals surface area contributed by atoms with Gasteiger partial charge in [-0.25, -0.2) is 0 Å². The van der Waals surface area contributed by atoms with E-state index in [1.54, 1.807) is 18.2 Å². The summed E-state index contributed by atoms with van der Waals surface area (Å²) < 4.78 is 2.99. The van der Waals surface area contributed by atoms with Crippen molar-refractivity contribution < 1.29 is 10.2 Å². The van der Waals surface area contributed by atoms with Gasteiger partial charge >= 0.3 is 0 Å². The number of rotatable bonds is 11. The number of likely N-dealkylation sites (N-methyl/N-ethyl adjacent to an activating group) is 2. The number of aromatic hydroxyl groups is 2. The summed E-state index contributed by atoms with van der Waals surface area (Å²) in [6.07, 6.45) is 0.531. The molecule has 0 fully saturated rings. The summed E-state index contributed by atoms with van der Waals surface area (Å²) in [5, 5.41) is 23.3. The molecular formula is C33H42BrCl3N6O5. The zero-order valence-corrected chi connectivity index (χ0v) is 31.8. The molecule has 0 radical (unpaired) electrons. The van der Waals surface area contributed by atoms with Crippen molar-refractivity contribution in [3.8, 4) is 22.8 Å². The topological polar surface area (TPSA) is 124 Å². The molecule has 48 heavy (non-hydrogen) atoms. The van der Waals surface area contributed by atoms with Crippen molar-refractivity contribution in [3.05, 3.63) is 82.4 Å². The molecule has 2 heterocycles. The van der Waals surface area contributed by atoms with Crippen molar-refractivity contribution in [1.82, 2.24) is 23.8 Å². The van der Waals surface area contributed by atoms with Crippen LogP contribution in [0.2, 0.25) is 0 Å². The van der Waals surface area contributed by atoms with E-state index in [0.29, 0.717) is 58.8 Å². The minimum absolute atomic E-state index is 0. The van der Waals surface area contributed by atoms with Gasteiger partial charge in [0, 0.05) is 65.6 Å². The summed E-state index contributed by atoms with van der Waals surface area (Å²) >= 11 is 3.54. The lowest BCUT2D eigenvalue weighted by Gasteiger charge is -2.21. The van der Waals surface area contributed by atoms with Crippen LogP contribution in [0.25, 0.3) is 32.7 Å². The Balaban J connectivity index is 0.00000267. The van der Waals surface area contributed by atoms with Crippen LogP contribution in [0.3, 0.4) is 0 Å². The van der Waals surface area contributed by atoms with Gasteiger partial charge in [-0.3, -0.25) is 28.5 Å². The quantitative estimate of drug-likeness (QED) is 0.196. The van der Waals surface area contributed by atoms with Crippen LogP contribution in [0.4, 0.5) is 0 Å². The second-order valence-electron chi connectivity index (χ2n) is 12.3. The Bertz CT molecular complexity index is 2100. The molecule has 2 aromatic carbocycles. The van der Waals surface area contributed by atoms with Crippen LogP contribution in [-0.4, -0.2) is 96.0 Å². The molecule has 1 aliphatic heterocycles. The summed E-state index contributed by atoms with van der Waals surface area (Å²) in [5.41, 5.74) is 1.04. The molecule has 1 aliphatic carbocycles. The Morgan fingerprint density at radius 2 is 1.35 bits per heavy atom. The van der Waals surface area contributed by atoms with Crippen LogP contribution >= 0.6 is 53.2 Å². The van der Waals surface area contributed by atoms with Gasteiger partial charge in [0.15, 0.2) is 0 Å². The maximum absolute atomic E-state index is 14.1. The lowest BCUT2D eigenvalue weighted by Crippen LogP contribution is -2.39. The fraction of sp³-hybridized carbons (Fsp3) is 0.394. The predicted octanol–water partition coefficient (Wildman–Crippen LogP) is 3.42. The lowest BCUT2D eigenvalue weighted by molar-refractivity contribution is 0.353. The normalized spacial score (nSPS) is 12.0. The van der Waals surface area contributed by atoms with E-state index in [1.807, 2.05) is 69.1 Å². The summed E-state index contributed by atoms with van der Waals surface area (Å²) in [5.74, 6) is 0.000407. The predicted molar refractivity (Wildman–Crippen MR) is 203 cm³/mol. The third-order valence-corrected chi connectivity index (χ3v) is 8.71. The molecule has 0 amide bonds. The number of benzene rings is 3. The molecule has 0 saturated heterocycles. The van der Waals surface area contributed by atoms with Gasteiger partial charge in [0.2, 0.25) is 5.88 Å². The van der Waals surface area contributed by atoms with Gasteiger partial charge in [0.25, 0.3) is 16.7 Å². The van der Waals surface area contributed by atoms with Crippen LogP contribution in [0, 0.1) is 0 Å². The van der Waals surface area contributed by atoms with Gasteiger partial charge in [0.05, 0.1) is 21.7 Å². The summed E-state index contributed by atoms with van der Waals surface area (Å²) in [6.45, 7) is 2.30. The van der Waals surface area contributed by atoms with Gasteiger partial charge in [-0.1, -0.05) is 12.1 Å². The number of pyridine rings is 2. The molecule has 5 rings (SSSR count). The Labute approximate surface area is 305 Å². The van der Waals surface area contributed by atoms with Gasteiger partial charge in [-0.2, -0.15) is 0 Å². The monoisotopic (exact) mass is 786 g/mol. The fourth-order valence-corrected chi connectivity index (χ4v) is 6.41. The van der Waals surface area contributed by atoms with Crippen molar-refractivity contribution in [2.45, 2.75) is 26.1 Å². The molecule has 2 N–H and O–H groups in total. The van der Waals surface area contributed by atoms with E-state index in [9.17, 15) is 24.6 Å². The van der Waals surface area contributed by atoms with Crippen LogP contribution in [-0.2, 0) is 26.1 Å². The van der Waals surface area contributed by atoms with Gasteiger partial charge in [-0.15, -0.1) is 37.2 Å². The number of hydrogen-bond donors (Lipinski definition) is 2. The third kappa shape index (κ3) is 7.91. The minimum Gasteiger partial charge on any atom is -0.508 e. The van der Waals surface area contributed by atoms with Crippen molar-refractivity contribution in [3.63, 3.8) is 0 Å². The number of phenolic OH excluding ortho intramolecular Hbond substituents is 1. The molecule has 3 aromatic rings. The van der Waals surface area contributed by atoms with Gasteiger partial charge < -0.3 is 24.9 Å². The average Bonchev–Trinajstić information content (AvgIpc) is 2.96. The first-order valence-corrected chi connectivity index (χ1v) is 15.6. The smallest absolute Gasteiger partial charge is 0.263 e. The van der Waals surface area contributed by atoms with Crippen LogP contribution < -0.4 is 22.0 Å². The van der Waals surface area contributed by atoms with Crippen molar-refractivity contribution in [2.24, 2.45) is 4.99 Å². The highest BCUT2D eigenvalue weighted by atomic mass is 79.9. The Hall–Kier alpha value is -2.97. The zero-order chi connectivity index (χ0) is 32.7. The molecule has 2 aliphatic rings. The first-order valence-electron chi connectivity index (χ1n) is 14.8. The van der Waals surface area contributed by atoms with E-state index in [-0.39, 0.29) is 78.3 Å². The first-order chi connectivity index (χ1) is 21.3. The third-order valence-electron chi connectivity index (χ3n) is 8.08. The second-order valence-corrected chi connectivity index (χ2v) is 13.2. The van der Waals surface area contributed by atoms with E-state index in [0.717, 1.165) is 11.1 Å². The van der Waals surface area contributed by atoms with E-state index in [1.165, 1.54) is 9.13 Å². The molecule has 15 heteroatoms. The molecule has 0 saturated carbocycles. The number of hydrogen-bond acceptors (Lipinski definition) is 9. The molecule has 262 valence electrons. The molecule has 0 atom stereocenters. The maximum Gasteiger partial charge on any atom is 0.263 e. The number of aromatic nitrogens is 2. The highest BCUT2D eigenvalue weighted by Crippen LogP contribution is 2.40. The summed E-state index contributed by atoms with van der Waals surface area (Å²) in [6, 6.07) is 8.73. The summed E-state index contributed by atoms with van der Waals surface area (Å²) in [7, 11) is 11.4. The van der Waals surface area contributed by atoms with Gasteiger partial charge in [-0.05, 0) is 88.4 Å². The standard InChI is InChI=1S/C33H39BrN6O5.3ClH/c1-36(2)11-13-39-31(43)22-17-24(35-10-9-19-7-8-25(41)20(15-19)18-38(5)6)29-27-21(16-23(34)28(26(22)27)32(39)44)30(42)40(33(29)45)14-12-37(3)4;;;/h7-8,15-17,41-42H,9-14,18H2,1-6H3;3*1H. The highest BCUT2D eigenvalue weighted by Gasteiger charge is 2.28. The maximum atomic E-state index is 14.1. The highest BCUT2D eigenvalue weighted by molar-refractivity contribution is 9.10. The van der Waals surface area contributed by atoms with Crippen LogP contribution in [0.5, 0.6) is 11.6 Å². The fourth-order valence-electron chi connectivity index (χ4n) is 5.81. The van der Waals surface area contributed by atoms with Crippen molar-refractivity contribution in [2.75, 3.05) is 61.9 Å². The van der Waals surface area contributed by atoms with Crippen molar-refractivity contribution in [1.29, 1.82) is 0 Å². The van der Waals surface area contributed by atoms with E-state index in [2.05, 4.69) is 15.9 Å². The first kappa shape index (κ1) is 41.2. The van der Waals surface area contributed by atoms with Gasteiger partial charge in [0.1, 0.15) is 5.75 Å². The molecule has 0 unspecified atom stereocenters. The molecule has 0 bridgehead atoms. The molecular weight excluding hydrogens is 747 g/mol. The zero-order valence-electron chi connectivity index (χ0n) is 27.7.